The lowest BCUT2D eigenvalue weighted by Crippen LogP contribution is -2.25. The van der Waals surface area contributed by atoms with Crippen LogP contribution in [-0.2, 0) is 13.5 Å². The molecule has 0 aliphatic heterocycles. The minimum atomic E-state index is -1.00. The third kappa shape index (κ3) is 3.41. The largest absolute Gasteiger partial charge is 0.496 e. The summed E-state index contributed by atoms with van der Waals surface area (Å²) in [6.07, 6.45) is 0.542. The van der Waals surface area contributed by atoms with Gasteiger partial charge in [-0.2, -0.15) is 5.10 Å². The van der Waals surface area contributed by atoms with Crippen molar-refractivity contribution in [3.05, 3.63) is 46.0 Å². The van der Waals surface area contributed by atoms with Gasteiger partial charge in [0, 0.05) is 19.0 Å². The van der Waals surface area contributed by atoms with Crippen molar-refractivity contribution in [2.45, 2.75) is 13.3 Å². The molecule has 2 N–H and O–H groups in total. The van der Waals surface area contributed by atoms with E-state index in [1.807, 2.05) is 20.0 Å². The quantitative estimate of drug-likeness (QED) is 0.693. The molecule has 0 spiro atoms. The van der Waals surface area contributed by atoms with Gasteiger partial charge in [-0.3, -0.25) is 9.48 Å². The number of methoxy groups -OCH3 is 1. The van der Waals surface area contributed by atoms with Gasteiger partial charge in [-0.15, -0.1) is 11.3 Å². The molecule has 0 unspecified atom stereocenters. The number of carboxylic acid groups (broad SMARTS) is 1. The number of rotatable bonds is 6. The van der Waals surface area contributed by atoms with Gasteiger partial charge in [0.05, 0.1) is 23.2 Å². The van der Waals surface area contributed by atoms with E-state index in [9.17, 15) is 9.59 Å². The van der Waals surface area contributed by atoms with Gasteiger partial charge in [0.25, 0.3) is 5.91 Å². The van der Waals surface area contributed by atoms with Crippen LogP contribution in [0, 0.1) is 6.92 Å². The molecule has 0 radical (unpaired) electrons. The first kappa shape index (κ1) is 17.9. The van der Waals surface area contributed by atoms with E-state index in [4.69, 9.17) is 9.84 Å². The molecule has 2 heterocycles. The fraction of sp³-hybridized carbons (Fsp3) is 0.278. The number of carbonyl (C=O) groups is 2. The molecule has 0 fully saturated rings. The van der Waals surface area contributed by atoms with Crippen LogP contribution >= 0.6 is 11.3 Å². The van der Waals surface area contributed by atoms with E-state index in [-0.39, 0.29) is 11.5 Å². The highest BCUT2D eigenvalue weighted by atomic mass is 32.1. The van der Waals surface area contributed by atoms with Gasteiger partial charge >= 0.3 is 5.97 Å². The molecule has 7 nitrogen and oxygen atoms in total. The zero-order valence-electron chi connectivity index (χ0n) is 14.7. The first-order valence-corrected chi connectivity index (χ1v) is 8.84. The summed E-state index contributed by atoms with van der Waals surface area (Å²) in [6.45, 7) is 2.34. The maximum Gasteiger partial charge on any atom is 0.335 e. The molecule has 0 atom stereocenters. The van der Waals surface area contributed by atoms with Crippen molar-refractivity contribution in [2.24, 2.45) is 7.05 Å². The molecule has 0 saturated heterocycles. The number of ether oxygens (including phenoxy) is 1. The maximum atomic E-state index is 12.4. The molecule has 0 aliphatic rings. The third-order valence-electron chi connectivity index (χ3n) is 4.13. The minimum absolute atomic E-state index is 0.133. The number of amides is 1. The number of hydrogen-bond donors (Lipinski definition) is 2. The predicted octanol–water partition coefficient (Wildman–Crippen LogP) is 2.62. The first-order valence-electron chi connectivity index (χ1n) is 8.02. The van der Waals surface area contributed by atoms with Crippen LogP contribution in [0.1, 0.15) is 31.3 Å². The highest BCUT2D eigenvalue weighted by Crippen LogP contribution is 2.27. The zero-order chi connectivity index (χ0) is 18.8. The summed E-state index contributed by atoms with van der Waals surface area (Å²) < 4.78 is 7.03. The first-order chi connectivity index (χ1) is 12.4. The van der Waals surface area contributed by atoms with E-state index < -0.39 is 5.97 Å². The van der Waals surface area contributed by atoms with E-state index >= 15 is 0 Å². The van der Waals surface area contributed by atoms with Crippen LogP contribution < -0.4 is 10.1 Å². The number of aromatic carboxylic acids is 1. The number of fused-ring (bicyclic) bond motifs is 1. The van der Waals surface area contributed by atoms with E-state index in [1.165, 1.54) is 30.6 Å². The van der Waals surface area contributed by atoms with E-state index in [2.05, 4.69) is 10.4 Å². The van der Waals surface area contributed by atoms with E-state index in [0.29, 0.717) is 23.6 Å². The number of carbonyl (C=O) groups excluding carboxylic acids is 1. The number of thiophene rings is 1. The molecule has 0 saturated carbocycles. The standard InChI is InChI=1S/C18H19N3O4S/c1-10-13-9-15(26-17(13)21(2)20-10)16(22)19-7-6-11-4-5-12(18(23)24)8-14(11)25-3/h4-5,8-9H,6-7H2,1-3H3,(H,19,22)(H,23,24). The van der Waals surface area contributed by atoms with Gasteiger partial charge in [0.15, 0.2) is 0 Å². The Morgan fingerprint density at radius 3 is 2.77 bits per heavy atom. The number of hydrogen-bond acceptors (Lipinski definition) is 5. The van der Waals surface area contributed by atoms with Crippen LogP contribution in [0.4, 0.5) is 0 Å². The normalized spacial score (nSPS) is 10.9. The summed E-state index contributed by atoms with van der Waals surface area (Å²) in [4.78, 5) is 25.0. The van der Waals surface area contributed by atoms with Gasteiger partial charge in [-0.1, -0.05) is 6.07 Å². The van der Waals surface area contributed by atoms with Crippen molar-refractivity contribution in [3.8, 4) is 5.75 Å². The Kier molecular flexibility index (Phi) is 4.94. The van der Waals surface area contributed by atoms with Gasteiger partial charge in [0.2, 0.25) is 0 Å². The van der Waals surface area contributed by atoms with Crippen LogP contribution in [0.15, 0.2) is 24.3 Å². The Labute approximate surface area is 154 Å². The zero-order valence-corrected chi connectivity index (χ0v) is 15.5. The number of nitrogens with one attached hydrogen (secondary N) is 1. The topological polar surface area (TPSA) is 93.4 Å². The summed E-state index contributed by atoms with van der Waals surface area (Å²) >= 11 is 1.41. The van der Waals surface area contributed by atoms with Crippen molar-refractivity contribution < 1.29 is 19.4 Å². The number of benzene rings is 1. The molecule has 1 aromatic carbocycles. The second kappa shape index (κ2) is 7.17. The summed E-state index contributed by atoms with van der Waals surface area (Å²) in [7, 11) is 3.36. The lowest BCUT2D eigenvalue weighted by molar-refractivity contribution is 0.0696. The predicted molar refractivity (Wildman–Crippen MR) is 99.3 cm³/mol. The second-order valence-corrected chi connectivity index (χ2v) is 6.91. The van der Waals surface area contributed by atoms with Crippen molar-refractivity contribution >= 4 is 33.4 Å². The van der Waals surface area contributed by atoms with Crippen LogP contribution in [0.3, 0.4) is 0 Å². The monoisotopic (exact) mass is 373 g/mol. The van der Waals surface area contributed by atoms with E-state index in [0.717, 1.165) is 21.5 Å². The molecule has 1 amide bonds. The molecule has 0 aliphatic carbocycles. The van der Waals surface area contributed by atoms with Crippen LogP contribution in [0.5, 0.6) is 5.75 Å². The Hall–Kier alpha value is -2.87. The Bertz CT molecular complexity index is 955. The Balaban J connectivity index is 1.66. The van der Waals surface area contributed by atoms with Gasteiger partial charge in [0.1, 0.15) is 10.6 Å². The average molecular weight is 373 g/mol. The number of aryl methyl sites for hydroxylation is 2. The maximum absolute atomic E-state index is 12.4. The summed E-state index contributed by atoms with van der Waals surface area (Å²) in [5.74, 6) is -0.632. The van der Waals surface area contributed by atoms with Crippen LogP contribution in [0.25, 0.3) is 10.2 Å². The van der Waals surface area contributed by atoms with Crippen LogP contribution in [-0.4, -0.2) is 40.4 Å². The summed E-state index contributed by atoms with van der Waals surface area (Å²) in [5.41, 5.74) is 1.92. The number of aromatic nitrogens is 2. The van der Waals surface area contributed by atoms with Crippen LogP contribution in [0.2, 0.25) is 0 Å². The van der Waals surface area contributed by atoms with Crippen molar-refractivity contribution in [1.82, 2.24) is 15.1 Å². The van der Waals surface area contributed by atoms with Crippen molar-refractivity contribution in [3.63, 3.8) is 0 Å². The highest BCUT2D eigenvalue weighted by molar-refractivity contribution is 7.20. The average Bonchev–Trinajstić information content (AvgIpc) is 3.16. The fourth-order valence-electron chi connectivity index (χ4n) is 2.80. The molecule has 3 rings (SSSR count). The number of carboxylic acids is 1. The lowest BCUT2D eigenvalue weighted by atomic mass is 10.1. The third-order valence-corrected chi connectivity index (χ3v) is 5.33. The molecule has 26 heavy (non-hydrogen) atoms. The Morgan fingerprint density at radius 2 is 2.12 bits per heavy atom. The molecule has 2 aromatic heterocycles. The Morgan fingerprint density at radius 1 is 1.35 bits per heavy atom. The molecule has 8 heteroatoms. The SMILES string of the molecule is COc1cc(C(=O)O)ccc1CCNC(=O)c1cc2c(C)nn(C)c2s1. The number of nitrogens with zero attached hydrogens (tertiary/aromatic N) is 2. The summed E-state index contributed by atoms with van der Waals surface area (Å²) in [5, 5.41) is 17.3. The highest BCUT2D eigenvalue weighted by Gasteiger charge is 2.15. The smallest absolute Gasteiger partial charge is 0.335 e. The van der Waals surface area contributed by atoms with Gasteiger partial charge < -0.3 is 15.2 Å². The van der Waals surface area contributed by atoms with E-state index in [1.54, 1.807) is 10.7 Å². The van der Waals surface area contributed by atoms with Crippen molar-refractivity contribution in [2.75, 3.05) is 13.7 Å². The minimum Gasteiger partial charge on any atom is -0.496 e. The molecular formula is C18H19N3O4S. The van der Waals surface area contributed by atoms with Gasteiger partial charge in [-0.05, 0) is 37.1 Å². The molecular weight excluding hydrogens is 354 g/mol. The lowest BCUT2D eigenvalue weighted by Gasteiger charge is -2.10. The van der Waals surface area contributed by atoms with Crippen molar-refractivity contribution in [1.29, 1.82) is 0 Å². The fourth-order valence-corrected chi connectivity index (χ4v) is 3.84. The molecule has 136 valence electrons. The molecule has 0 bridgehead atoms. The second-order valence-electron chi connectivity index (χ2n) is 5.88. The van der Waals surface area contributed by atoms with Gasteiger partial charge in [-0.25, -0.2) is 4.79 Å². The summed E-state index contributed by atoms with van der Waals surface area (Å²) in [6, 6.07) is 6.59. The molecule has 3 aromatic rings.